The molecule has 3 aliphatic rings. The molecule has 1 aromatic rings. The van der Waals surface area contributed by atoms with Gasteiger partial charge in [-0.3, -0.25) is 15.0 Å². The zero-order chi connectivity index (χ0) is 17.4. The second-order valence-corrected chi connectivity index (χ2v) is 7.64. The number of anilines is 1. The van der Waals surface area contributed by atoms with Gasteiger partial charge >= 0.3 is 0 Å². The smallest absolute Gasteiger partial charge is 0.239 e. The van der Waals surface area contributed by atoms with Gasteiger partial charge in [0.1, 0.15) is 6.04 Å². The summed E-state index contributed by atoms with van der Waals surface area (Å²) in [5.74, 6) is 1.08. The zero-order valence-corrected chi connectivity index (χ0v) is 14.5. The Hall–Kier alpha value is -1.92. The van der Waals surface area contributed by atoms with Gasteiger partial charge in [-0.25, -0.2) is 5.43 Å². The first-order chi connectivity index (χ1) is 12.1. The quantitative estimate of drug-likeness (QED) is 0.636. The standard InChI is InChI=1S/C19H26N4O2/c1-11(20-19(25)17-10-16(22-23-17)13-2-3-13)12-6-8-15(9-7-12)21-18(24)14-4-5-14/h6-9,11,13-14,16-17,22-23H,2-5,10H2,1H3,(H,20,25)(H,21,24). The molecule has 0 aromatic heterocycles. The van der Waals surface area contributed by atoms with E-state index in [1.807, 2.05) is 31.2 Å². The highest BCUT2D eigenvalue weighted by Crippen LogP contribution is 2.35. The van der Waals surface area contributed by atoms with Crippen LogP contribution in [0.25, 0.3) is 0 Å². The normalized spacial score (nSPS) is 26.9. The lowest BCUT2D eigenvalue weighted by molar-refractivity contribution is -0.123. The van der Waals surface area contributed by atoms with E-state index in [9.17, 15) is 9.59 Å². The summed E-state index contributed by atoms with van der Waals surface area (Å²) in [6.07, 6.45) is 5.40. The molecule has 2 amide bonds. The molecule has 4 rings (SSSR count). The van der Waals surface area contributed by atoms with Gasteiger partial charge < -0.3 is 10.6 Å². The number of hydrogen-bond donors (Lipinski definition) is 4. The van der Waals surface area contributed by atoms with Crippen LogP contribution in [0.1, 0.15) is 50.6 Å². The van der Waals surface area contributed by atoms with Crippen LogP contribution in [-0.2, 0) is 9.59 Å². The van der Waals surface area contributed by atoms with Gasteiger partial charge in [0.2, 0.25) is 11.8 Å². The number of rotatable bonds is 6. The molecule has 3 unspecified atom stereocenters. The van der Waals surface area contributed by atoms with Crippen LogP contribution < -0.4 is 21.5 Å². The van der Waals surface area contributed by atoms with Crippen LogP contribution in [0.5, 0.6) is 0 Å². The number of hydrogen-bond acceptors (Lipinski definition) is 4. The Morgan fingerprint density at radius 2 is 1.76 bits per heavy atom. The summed E-state index contributed by atoms with van der Waals surface area (Å²) in [4.78, 5) is 24.2. The summed E-state index contributed by atoms with van der Waals surface area (Å²) >= 11 is 0. The van der Waals surface area contributed by atoms with Crippen molar-refractivity contribution in [2.45, 2.75) is 57.2 Å². The maximum Gasteiger partial charge on any atom is 0.239 e. The molecule has 25 heavy (non-hydrogen) atoms. The lowest BCUT2D eigenvalue weighted by Crippen LogP contribution is -2.44. The van der Waals surface area contributed by atoms with E-state index in [1.165, 1.54) is 12.8 Å². The summed E-state index contributed by atoms with van der Waals surface area (Å²) < 4.78 is 0. The Morgan fingerprint density at radius 3 is 2.40 bits per heavy atom. The van der Waals surface area contributed by atoms with Crippen LogP contribution in [-0.4, -0.2) is 23.9 Å². The molecule has 3 atom stereocenters. The first kappa shape index (κ1) is 16.5. The summed E-state index contributed by atoms with van der Waals surface area (Å²) in [7, 11) is 0. The molecule has 0 bridgehead atoms. The van der Waals surface area contributed by atoms with Crippen molar-refractivity contribution in [3.8, 4) is 0 Å². The molecule has 1 aliphatic heterocycles. The van der Waals surface area contributed by atoms with E-state index < -0.39 is 0 Å². The monoisotopic (exact) mass is 342 g/mol. The van der Waals surface area contributed by atoms with Crippen LogP contribution in [0, 0.1) is 11.8 Å². The first-order valence-corrected chi connectivity index (χ1v) is 9.32. The minimum absolute atomic E-state index is 0.0364. The Labute approximate surface area is 148 Å². The minimum atomic E-state index is -0.162. The van der Waals surface area contributed by atoms with Crippen molar-refractivity contribution in [1.29, 1.82) is 0 Å². The number of benzene rings is 1. The van der Waals surface area contributed by atoms with Gasteiger partial charge in [-0.15, -0.1) is 0 Å². The van der Waals surface area contributed by atoms with Gasteiger partial charge in [0.05, 0.1) is 6.04 Å². The summed E-state index contributed by atoms with van der Waals surface area (Å²) in [5, 5.41) is 6.01. The SMILES string of the molecule is CC(NC(=O)C1CC(C2CC2)NN1)c1ccc(NC(=O)C2CC2)cc1. The molecule has 2 saturated carbocycles. The van der Waals surface area contributed by atoms with Gasteiger partial charge in [0.25, 0.3) is 0 Å². The van der Waals surface area contributed by atoms with E-state index in [4.69, 9.17) is 0 Å². The van der Waals surface area contributed by atoms with Crippen molar-refractivity contribution in [2.24, 2.45) is 11.8 Å². The first-order valence-electron chi connectivity index (χ1n) is 9.32. The highest BCUT2D eigenvalue weighted by atomic mass is 16.2. The fraction of sp³-hybridized carbons (Fsp3) is 0.579. The highest BCUT2D eigenvalue weighted by molar-refractivity contribution is 5.94. The van der Waals surface area contributed by atoms with Crippen molar-refractivity contribution in [3.05, 3.63) is 29.8 Å². The summed E-state index contributed by atoms with van der Waals surface area (Å²) in [5.41, 5.74) is 8.22. The van der Waals surface area contributed by atoms with Crippen LogP contribution in [0.3, 0.4) is 0 Å². The van der Waals surface area contributed by atoms with Gasteiger partial charge in [-0.05, 0) is 62.6 Å². The second-order valence-electron chi connectivity index (χ2n) is 7.64. The number of hydrazine groups is 1. The van der Waals surface area contributed by atoms with Gasteiger partial charge in [-0.2, -0.15) is 0 Å². The molecule has 4 N–H and O–H groups in total. The van der Waals surface area contributed by atoms with Crippen LogP contribution in [0.2, 0.25) is 0 Å². The average molecular weight is 342 g/mol. The van der Waals surface area contributed by atoms with E-state index in [2.05, 4.69) is 21.5 Å². The Kier molecular flexibility index (Phi) is 4.48. The van der Waals surface area contributed by atoms with Crippen molar-refractivity contribution in [2.75, 3.05) is 5.32 Å². The maximum atomic E-state index is 12.4. The Balaban J connectivity index is 1.28. The summed E-state index contributed by atoms with van der Waals surface area (Å²) in [6, 6.07) is 7.92. The molecule has 1 heterocycles. The zero-order valence-electron chi connectivity index (χ0n) is 14.5. The number of nitrogens with one attached hydrogen (secondary N) is 4. The third-order valence-electron chi connectivity index (χ3n) is 5.43. The Morgan fingerprint density at radius 1 is 1.04 bits per heavy atom. The van der Waals surface area contributed by atoms with Gasteiger partial charge in [-0.1, -0.05) is 12.1 Å². The molecule has 6 heteroatoms. The third kappa shape index (κ3) is 4.02. The molecule has 1 aromatic carbocycles. The second kappa shape index (κ2) is 6.77. The predicted octanol–water partition coefficient (Wildman–Crippen LogP) is 1.86. The maximum absolute atomic E-state index is 12.4. The van der Waals surface area contributed by atoms with E-state index in [0.29, 0.717) is 6.04 Å². The molecule has 3 fully saturated rings. The van der Waals surface area contributed by atoms with Gasteiger partial charge in [0.15, 0.2) is 0 Å². The summed E-state index contributed by atoms with van der Waals surface area (Å²) in [6.45, 7) is 1.98. The van der Waals surface area contributed by atoms with Crippen molar-refractivity contribution in [1.82, 2.24) is 16.2 Å². The van der Waals surface area contributed by atoms with Crippen LogP contribution >= 0.6 is 0 Å². The number of carbonyl (C=O) groups is 2. The van der Waals surface area contributed by atoms with Crippen molar-refractivity contribution in [3.63, 3.8) is 0 Å². The molecular formula is C19H26N4O2. The Bertz CT molecular complexity index is 652. The van der Waals surface area contributed by atoms with Crippen LogP contribution in [0.4, 0.5) is 5.69 Å². The van der Waals surface area contributed by atoms with Crippen molar-refractivity contribution >= 4 is 17.5 Å². The van der Waals surface area contributed by atoms with E-state index in [1.54, 1.807) is 0 Å². The minimum Gasteiger partial charge on any atom is -0.348 e. The lowest BCUT2D eigenvalue weighted by atomic mass is 10.0. The van der Waals surface area contributed by atoms with Crippen LogP contribution in [0.15, 0.2) is 24.3 Å². The van der Waals surface area contributed by atoms with E-state index >= 15 is 0 Å². The molecule has 0 radical (unpaired) electrons. The molecule has 6 nitrogen and oxygen atoms in total. The molecule has 1 saturated heterocycles. The van der Waals surface area contributed by atoms with Crippen molar-refractivity contribution < 1.29 is 9.59 Å². The topological polar surface area (TPSA) is 82.3 Å². The average Bonchev–Trinajstić information content (AvgIpc) is 3.53. The van der Waals surface area contributed by atoms with E-state index in [0.717, 1.165) is 36.4 Å². The highest BCUT2D eigenvalue weighted by Gasteiger charge is 2.39. The van der Waals surface area contributed by atoms with Gasteiger partial charge in [0, 0.05) is 17.6 Å². The predicted molar refractivity (Wildman–Crippen MR) is 95.5 cm³/mol. The molecule has 0 spiro atoms. The third-order valence-corrected chi connectivity index (χ3v) is 5.43. The van der Waals surface area contributed by atoms with E-state index in [-0.39, 0.29) is 29.8 Å². The molecule has 134 valence electrons. The number of amides is 2. The fourth-order valence-corrected chi connectivity index (χ4v) is 3.40. The lowest BCUT2D eigenvalue weighted by Gasteiger charge is -2.18. The molecular weight excluding hydrogens is 316 g/mol. The molecule has 2 aliphatic carbocycles. The largest absolute Gasteiger partial charge is 0.348 e. The number of carbonyl (C=O) groups excluding carboxylic acids is 2. The fourth-order valence-electron chi connectivity index (χ4n) is 3.40.